The van der Waals surface area contributed by atoms with Gasteiger partial charge in [-0.05, 0) is 56.0 Å². The van der Waals surface area contributed by atoms with Crippen molar-refractivity contribution in [3.8, 4) is 0 Å². The average Bonchev–Trinajstić information content (AvgIpc) is 2.56. The Bertz CT molecular complexity index is 642. The predicted octanol–water partition coefficient (Wildman–Crippen LogP) is 1.94. The van der Waals surface area contributed by atoms with Crippen LogP contribution in [-0.4, -0.2) is 39.7 Å². The van der Waals surface area contributed by atoms with Gasteiger partial charge in [0.1, 0.15) is 0 Å². The number of alkyl halides is 2. The molecular weight excluding hydrogens is 338 g/mol. The molecule has 1 aliphatic rings. The van der Waals surface area contributed by atoms with Crippen LogP contribution in [-0.2, 0) is 15.6 Å². The van der Waals surface area contributed by atoms with Gasteiger partial charge in [-0.25, -0.2) is 8.42 Å². The van der Waals surface area contributed by atoms with Crippen molar-refractivity contribution in [2.24, 2.45) is 5.92 Å². The molecule has 0 bridgehead atoms. The number of carbonyl (C=O) groups excluding carboxylic acids is 1. The maximum absolute atomic E-state index is 12.3. The van der Waals surface area contributed by atoms with E-state index in [1.165, 1.54) is 24.3 Å². The molecule has 0 spiro atoms. The Balaban J connectivity index is 1.82. The van der Waals surface area contributed by atoms with Gasteiger partial charge in [-0.1, -0.05) is 12.1 Å². The van der Waals surface area contributed by atoms with Crippen molar-refractivity contribution < 1.29 is 22.0 Å². The number of amides is 1. The summed E-state index contributed by atoms with van der Waals surface area (Å²) in [5.74, 6) is -3.81. The van der Waals surface area contributed by atoms with Crippen molar-refractivity contribution in [3.63, 3.8) is 0 Å². The molecule has 1 aromatic rings. The number of sulfone groups is 1. The fourth-order valence-corrected chi connectivity index (χ4v) is 3.49. The molecule has 2 rings (SSSR count). The summed E-state index contributed by atoms with van der Waals surface area (Å²) in [6.45, 7) is 2.60. The van der Waals surface area contributed by atoms with Crippen LogP contribution in [0.5, 0.6) is 0 Å². The number of halogens is 2. The lowest BCUT2D eigenvalue weighted by Crippen LogP contribution is -2.33. The van der Waals surface area contributed by atoms with Crippen LogP contribution in [0.3, 0.4) is 0 Å². The monoisotopic (exact) mass is 360 g/mol. The zero-order chi connectivity index (χ0) is 17.6. The van der Waals surface area contributed by atoms with Crippen LogP contribution >= 0.6 is 0 Å². The van der Waals surface area contributed by atoms with Gasteiger partial charge in [0.05, 0.1) is 5.75 Å². The van der Waals surface area contributed by atoms with E-state index in [9.17, 15) is 22.0 Å². The molecule has 0 aliphatic carbocycles. The van der Waals surface area contributed by atoms with E-state index in [4.69, 9.17) is 0 Å². The molecule has 5 nitrogen and oxygen atoms in total. The van der Waals surface area contributed by atoms with Gasteiger partial charge in [0.15, 0.2) is 0 Å². The molecule has 1 aliphatic heterocycles. The summed E-state index contributed by atoms with van der Waals surface area (Å²) >= 11 is 0. The lowest BCUT2D eigenvalue weighted by molar-refractivity contribution is 0.0950. The van der Waals surface area contributed by atoms with Crippen LogP contribution in [0.2, 0.25) is 0 Å². The van der Waals surface area contributed by atoms with E-state index in [1.54, 1.807) is 0 Å². The first kappa shape index (κ1) is 18.8. The van der Waals surface area contributed by atoms with Crippen molar-refractivity contribution in [2.45, 2.75) is 30.8 Å². The fraction of sp³-hybridized carbons (Fsp3) is 0.562. The van der Waals surface area contributed by atoms with Gasteiger partial charge in [-0.2, -0.15) is 8.78 Å². The topological polar surface area (TPSA) is 75.3 Å². The molecular formula is C16H22F2N2O3S. The molecule has 1 unspecified atom stereocenters. The third-order valence-electron chi connectivity index (χ3n) is 4.09. The first-order valence-electron chi connectivity index (χ1n) is 7.96. The number of benzene rings is 1. The second-order valence-corrected chi connectivity index (χ2v) is 7.99. The molecule has 0 aromatic heterocycles. The van der Waals surface area contributed by atoms with E-state index in [0.29, 0.717) is 18.0 Å². The second kappa shape index (κ2) is 8.53. The van der Waals surface area contributed by atoms with Crippen molar-refractivity contribution in [2.75, 3.05) is 19.6 Å². The largest absolute Gasteiger partial charge is 0.352 e. The molecule has 0 radical (unpaired) electrons. The Morgan fingerprint density at radius 1 is 1.29 bits per heavy atom. The molecule has 1 amide bonds. The predicted molar refractivity (Wildman–Crippen MR) is 87.6 cm³/mol. The van der Waals surface area contributed by atoms with E-state index in [1.807, 2.05) is 0 Å². The van der Waals surface area contributed by atoms with Gasteiger partial charge in [-0.3, -0.25) is 4.79 Å². The number of nitrogens with one attached hydrogen (secondary N) is 2. The van der Waals surface area contributed by atoms with E-state index in [0.717, 1.165) is 32.4 Å². The zero-order valence-electron chi connectivity index (χ0n) is 13.3. The number of carbonyl (C=O) groups is 1. The van der Waals surface area contributed by atoms with Crippen molar-refractivity contribution in [1.29, 1.82) is 0 Å². The summed E-state index contributed by atoms with van der Waals surface area (Å²) in [5, 5.41) is 6.15. The summed E-state index contributed by atoms with van der Waals surface area (Å²) in [6.07, 6.45) is 3.22. The third-order valence-corrected chi connectivity index (χ3v) is 5.37. The highest BCUT2D eigenvalue weighted by Gasteiger charge is 2.24. The summed E-state index contributed by atoms with van der Waals surface area (Å²) in [6, 6.07) is 5.68. The van der Waals surface area contributed by atoms with Gasteiger partial charge < -0.3 is 10.6 Å². The Morgan fingerprint density at radius 3 is 2.58 bits per heavy atom. The third kappa shape index (κ3) is 5.52. The van der Waals surface area contributed by atoms with Crippen LogP contribution in [0, 0.1) is 5.92 Å². The minimum atomic E-state index is -4.45. The van der Waals surface area contributed by atoms with Crippen LogP contribution in [0.25, 0.3) is 0 Å². The molecule has 8 heteroatoms. The smallest absolute Gasteiger partial charge is 0.337 e. The molecule has 24 heavy (non-hydrogen) atoms. The van der Waals surface area contributed by atoms with Gasteiger partial charge in [-0.15, -0.1) is 0 Å². The minimum Gasteiger partial charge on any atom is -0.352 e. The first-order chi connectivity index (χ1) is 11.4. The van der Waals surface area contributed by atoms with Gasteiger partial charge >= 0.3 is 5.76 Å². The summed E-state index contributed by atoms with van der Waals surface area (Å²) in [5.41, 5.74) is 0.620. The first-order valence-corrected chi connectivity index (χ1v) is 9.67. The number of hydrogen-bond acceptors (Lipinski definition) is 4. The summed E-state index contributed by atoms with van der Waals surface area (Å²) in [4.78, 5) is 12.0. The van der Waals surface area contributed by atoms with Crippen LogP contribution in [0.1, 0.15) is 35.2 Å². The molecule has 1 heterocycles. The van der Waals surface area contributed by atoms with E-state index in [2.05, 4.69) is 10.6 Å². The molecule has 1 atom stereocenters. The molecule has 1 aromatic carbocycles. The highest BCUT2D eigenvalue weighted by Crippen LogP contribution is 2.15. The second-order valence-electron chi connectivity index (χ2n) is 6.02. The summed E-state index contributed by atoms with van der Waals surface area (Å²) < 4.78 is 47.0. The van der Waals surface area contributed by atoms with E-state index in [-0.39, 0.29) is 11.5 Å². The van der Waals surface area contributed by atoms with Crippen molar-refractivity contribution in [1.82, 2.24) is 10.6 Å². The normalized spacial score (nSPS) is 18.5. The highest BCUT2D eigenvalue weighted by molar-refractivity contribution is 7.90. The standard InChI is InChI=1S/C16H22F2N2O3S/c17-16(18)24(22,23)11-13-3-5-14(6-4-13)15(21)20-9-7-12-2-1-8-19-10-12/h3-6,12,16,19H,1-2,7-11H2,(H,20,21). The maximum Gasteiger partial charge on any atom is 0.337 e. The lowest BCUT2D eigenvalue weighted by Gasteiger charge is -2.22. The molecule has 2 N–H and O–H groups in total. The number of hydrogen-bond donors (Lipinski definition) is 2. The number of rotatable bonds is 7. The number of piperidine rings is 1. The van der Waals surface area contributed by atoms with Gasteiger partial charge in [0.25, 0.3) is 5.91 Å². The maximum atomic E-state index is 12.3. The van der Waals surface area contributed by atoms with Gasteiger partial charge in [0, 0.05) is 12.1 Å². The minimum absolute atomic E-state index is 0.236. The molecule has 1 saturated heterocycles. The van der Waals surface area contributed by atoms with Gasteiger partial charge in [0.2, 0.25) is 9.84 Å². The Hall–Kier alpha value is -1.54. The SMILES string of the molecule is O=C(NCCC1CCCNC1)c1ccc(CS(=O)(=O)C(F)F)cc1. The average molecular weight is 360 g/mol. The fourth-order valence-electron chi connectivity index (χ4n) is 2.71. The Kier molecular flexibility index (Phi) is 6.68. The lowest BCUT2D eigenvalue weighted by atomic mass is 9.96. The quantitative estimate of drug-likeness (QED) is 0.779. The molecule has 0 saturated carbocycles. The highest BCUT2D eigenvalue weighted by atomic mass is 32.2. The van der Waals surface area contributed by atoms with Crippen LogP contribution in [0.15, 0.2) is 24.3 Å². The Labute approximate surface area is 140 Å². The van der Waals surface area contributed by atoms with E-state index < -0.39 is 21.3 Å². The van der Waals surface area contributed by atoms with E-state index >= 15 is 0 Å². The van der Waals surface area contributed by atoms with Crippen molar-refractivity contribution in [3.05, 3.63) is 35.4 Å². The molecule has 134 valence electrons. The zero-order valence-corrected chi connectivity index (χ0v) is 14.1. The molecule has 1 fully saturated rings. The van der Waals surface area contributed by atoms with Crippen LogP contribution < -0.4 is 10.6 Å². The summed E-state index contributed by atoms with van der Waals surface area (Å²) in [7, 11) is -4.45. The Morgan fingerprint density at radius 2 is 2.00 bits per heavy atom. The van der Waals surface area contributed by atoms with Crippen LogP contribution in [0.4, 0.5) is 8.78 Å². The van der Waals surface area contributed by atoms with Crippen molar-refractivity contribution >= 4 is 15.7 Å².